The number of carbonyl (C=O) groups is 1. The number of rotatable bonds is 4. The molecule has 2 atom stereocenters. The standard InChI is InChI=1S/C12H14FNO3S/c13-9-3-1-8(2-4-9)12-14(5-10(16)6-15)11(17)7-18-12/h1-4,10,12,15-16H,5-7H2. The summed E-state index contributed by atoms with van der Waals surface area (Å²) in [6, 6.07) is 5.95. The van der Waals surface area contributed by atoms with Gasteiger partial charge < -0.3 is 15.1 Å². The van der Waals surface area contributed by atoms with E-state index in [0.717, 1.165) is 5.56 Å². The third-order valence-electron chi connectivity index (χ3n) is 2.74. The number of aliphatic hydroxyl groups is 2. The molecule has 98 valence electrons. The minimum atomic E-state index is -0.949. The number of halogens is 1. The molecule has 1 amide bonds. The summed E-state index contributed by atoms with van der Waals surface area (Å²) in [5, 5.41) is 18.0. The number of β-amino-alcohol motifs (C(OH)–C–C–N with tert-alkyl or cyclic N) is 1. The Morgan fingerprint density at radius 3 is 2.72 bits per heavy atom. The summed E-state index contributed by atoms with van der Waals surface area (Å²) in [6.07, 6.45) is -0.949. The van der Waals surface area contributed by atoms with Crippen LogP contribution in [0.3, 0.4) is 0 Å². The van der Waals surface area contributed by atoms with Crippen LogP contribution in [-0.2, 0) is 4.79 Å². The van der Waals surface area contributed by atoms with Crippen LogP contribution in [0.1, 0.15) is 10.9 Å². The van der Waals surface area contributed by atoms with Crippen molar-refractivity contribution in [1.82, 2.24) is 4.90 Å². The van der Waals surface area contributed by atoms with E-state index in [4.69, 9.17) is 5.11 Å². The Morgan fingerprint density at radius 2 is 2.11 bits per heavy atom. The van der Waals surface area contributed by atoms with E-state index in [2.05, 4.69) is 0 Å². The molecule has 18 heavy (non-hydrogen) atoms. The van der Waals surface area contributed by atoms with Crippen molar-refractivity contribution < 1.29 is 19.4 Å². The lowest BCUT2D eigenvalue weighted by Crippen LogP contribution is -2.37. The smallest absolute Gasteiger partial charge is 0.233 e. The molecule has 0 spiro atoms. The van der Waals surface area contributed by atoms with E-state index in [-0.39, 0.29) is 30.2 Å². The average molecular weight is 271 g/mol. The van der Waals surface area contributed by atoms with Crippen molar-refractivity contribution in [2.45, 2.75) is 11.5 Å². The number of hydrogen-bond donors (Lipinski definition) is 2. The zero-order valence-corrected chi connectivity index (χ0v) is 10.4. The average Bonchev–Trinajstić information content (AvgIpc) is 2.72. The van der Waals surface area contributed by atoms with Crippen LogP contribution in [-0.4, -0.2) is 46.0 Å². The third kappa shape index (κ3) is 2.82. The SMILES string of the molecule is O=C1CSC(c2ccc(F)cc2)N1CC(O)CO. The van der Waals surface area contributed by atoms with Crippen LogP contribution >= 0.6 is 11.8 Å². The third-order valence-corrected chi connectivity index (χ3v) is 4.00. The molecule has 2 N–H and O–H groups in total. The molecule has 2 rings (SSSR count). The molecule has 1 saturated heterocycles. The second-order valence-electron chi connectivity index (χ2n) is 4.10. The molecule has 1 aliphatic heterocycles. The number of carbonyl (C=O) groups excluding carboxylic acids is 1. The molecule has 6 heteroatoms. The molecule has 4 nitrogen and oxygen atoms in total. The van der Waals surface area contributed by atoms with Gasteiger partial charge in [-0.3, -0.25) is 4.79 Å². The lowest BCUT2D eigenvalue weighted by atomic mass is 10.2. The Labute approximate surface area is 108 Å². The summed E-state index contributed by atoms with van der Waals surface area (Å²) in [6.45, 7) is -0.297. The van der Waals surface area contributed by atoms with E-state index < -0.39 is 6.10 Å². The van der Waals surface area contributed by atoms with Gasteiger partial charge in [0.15, 0.2) is 0 Å². The summed E-state index contributed by atoms with van der Waals surface area (Å²) in [5.74, 6) is -0.0722. The largest absolute Gasteiger partial charge is 0.394 e. The highest BCUT2D eigenvalue weighted by molar-refractivity contribution is 8.00. The molecule has 0 saturated carbocycles. The summed E-state index contributed by atoms with van der Waals surface area (Å²) in [5.41, 5.74) is 0.817. The maximum atomic E-state index is 12.9. The zero-order chi connectivity index (χ0) is 13.1. The lowest BCUT2D eigenvalue weighted by Gasteiger charge is -2.25. The van der Waals surface area contributed by atoms with E-state index in [1.807, 2.05) is 0 Å². The van der Waals surface area contributed by atoms with E-state index in [1.54, 1.807) is 12.1 Å². The molecular weight excluding hydrogens is 257 g/mol. The van der Waals surface area contributed by atoms with Gasteiger partial charge in [0.05, 0.1) is 25.0 Å². The molecule has 0 radical (unpaired) electrons. The van der Waals surface area contributed by atoms with E-state index in [0.29, 0.717) is 5.75 Å². The van der Waals surface area contributed by atoms with Crippen molar-refractivity contribution in [3.05, 3.63) is 35.6 Å². The van der Waals surface area contributed by atoms with Crippen molar-refractivity contribution in [2.24, 2.45) is 0 Å². The predicted molar refractivity (Wildman–Crippen MR) is 66.4 cm³/mol. The van der Waals surface area contributed by atoms with Crippen LogP contribution < -0.4 is 0 Å². The zero-order valence-electron chi connectivity index (χ0n) is 9.62. The topological polar surface area (TPSA) is 60.8 Å². The quantitative estimate of drug-likeness (QED) is 0.848. The van der Waals surface area contributed by atoms with Gasteiger partial charge in [-0.15, -0.1) is 11.8 Å². The monoisotopic (exact) mass is 271 g/mol. The van der Waals surface area contributed by atoms with Gasteiger partial charge >= 0.3 is 0 Å². The van der Waals surface area contributed by atoms with Crippen LogP contribution in [0, 0.1) is 5.82 Å². The van der Waals surface area contributed by atoms with Crippen molar-refractivity contribution >= 4 is 17.7 Å². The first kappa shape index (κ1) is 13.3. The van der Waals surface area contributed by atoms with Crippen LogP contribution in [0.15, 0.2) is 24.3 Å². The van der Waals surface area contributed by atoms with Crippen LogP contribution in [0.5, 0.6) is 0 Å². The Kier molecular flexibility index (Phi) is 4.21. The number of nitrogens with zero attached hydrogens (tertiary/aromatic N) is 1. The number of thioether (sulfide) groups is 1. The number of aliphatic hydroxyl groups excluding tert-OH is 2. The molecule has 1 heterocycles. The van der Waals surface area contributed by atoms with E-state index in [1.165, 1.54) is 28.8 Å². The van der Waals surface area contributed by atoms with Crippen molar-refractivity contribution in [3.8, 4) is 0 Å². The number of benzene rings is 1. The van der Waals surface area contributed by atoms with Gasteiger partial charge in [0.2, 0.25) is 5.91 Å². The Hall–Kier alpha value is -1.11. The molecule has 1 aliphatic rings. The van der Waals surface area contributed by atoms with Gasteiger partial charge in [-0.25, -0.2) is 4.39 Å². The fourth-order valence-corrected chi connectivity index (χ4v) is 3.04. The minimum absolute atomic E-state index is 0.0816. The van der Waals surface area contributed by atoms with Crippen molar-refractivity contribution in [1.29, 1.82) is 0 Å². The van der Waals surface area contributed by atoms with Gasteiger partial charge in [-0.2, -0.15) is 0 Å². The second kappa shape index (κ2) is 5.69. The Morgan fingerprint density at radius 1 is 1.44 bits per heavy atom. The fraction of sp³-hybridized carbons (Fsp3) is 0.417. The van der Waals surface area contributed by atoms with Crippen molar-refractivity contribution in [3.63, 3.8) is 0 Å². The van der Waals surface area contributed by atoms with Gasteiger partial charge in [-0.1, -0.05) is 12.1 Å². The normalized spacial score (nSPS) is 21.4. The molecular formula is C12H14FNO3S. The molecule has 0 aliphatic carbocycles. The van der Waals surface area contributed by atoms with Gasteiger partial charge in [0.1, 0.15) is 11.2 Å². The highest BCUT2D eigenvalue weighted by atomic mass is 32.2. The summed E-state index contributed by atoms with van der Waals surface area (Å²) >= 11 is 1.43. The Balaban J connectivity index is 2.15. The van der Waals surface area contributed by atoms with Crippen LogP contribution in [0.2, 0.25) is 0 Å². The van der Waals surface area contributed by atoms with Crippen molar-refractivity contribution in [2.75, 3.05) is 18.9 Å². The highest BCUT2D eigenvalue weighted by Crippen LogP contribution is 2.38. The fourth-order valence-electron chi connectivity index (χ4n) is 1.84. The van der Waals surface area contributed by atoms with Gasteiger partial charge in [-0.05, 0) is 17.7 Å². The maximum Gasteiger partial charge on any atom is 0.233 e. The molecule has 0 aromatic heterocycles. The molecule has 0 bridgehead atoms. The first-order valence-corrected chi connectivity index (χ1v) is 6.62. The summed E-state index contributed by atoms with van der Waals surface area (Å²) in [7, 11) is 0. The summed E-state index contributed by atoms with van der Waals surface area (Å²) < 4.78 is 12.9. The van der Waals surface area contributed by atoms with E-state index >= 15 is 0 Å². The number of amides is 1. The second-order valence-corrected chi connectivity index (χ2v) is 5.17. The molecule has 2 unspecified atom stereocenters. The lowest BCUT2D eigenvalue weighted by molar-refractivity contribution is -0.129. The molecule has 1 fully saturated rings. The molecule has 1 aromatic rings. The first-order valence-electron chi connectivity index (χ1n) is 5.57. The number of hydrogen-bond acceptors (Lipinski definition) is 4. The Bertz CT molecular complexity index is 426. The van der Waals surface area contributed by atoms with Gasteiger partial charge in [0.25, 0.3) is 0 Å². The van der Waals surface area contributed by atoms with Crippen LogP contribution in [0.4, 0.5) is 4.39 Å². The predicted octanol–water partition coefficient (Wildman–Crippen LogP) is 0.753. The first-order chi connectivity index (χ1) is 8.61. The highest BCUT2D eigenvalue weighted by Gasteiger charge is 2.33. The maximum absolute atomic E-state index is 12.9. The minimum Gasteiger partial charge on any atom is -0.394 e. The van der Waals surface area contributed by atoms with Crippen LogP contribution in [0.25, 0.3) is 0 Å². The molecule has 1 aromatic carbocycles. The van der Waals surface area contributed by atoms with E-state index in [9.17, 15) is 14.3 Å². The van der Waals surface area contributed by atoms with Gasteiger partial charge in [0, 0.05) is 0 Å². The summed E-state index contributed by atoms with van der Waals surface area (Å²) in [4.78, 5) is 13.2.